The number of aliphatic hydroxyl groups is 1. The number of benzene rings is 1. The fourth-order valence-corrected chi connectivity index (χ4v) is 5.33. The summed E-state index contributed by atoms with van der Waals surface area (Å²) >= 11 is 0. The van der Waals surface area contributed by atoms with E-state index in [1.807, 2.05) is 25.1 Å². The Labute approximate surface area is 173 Å². The third-order valence-corrected chi connectivity index (χ3v) is 6.83. The van der Waals surface area contributed by atoms with Crippen molar-refractivity contribution in [2.75, 3.05) is 0 Å². The van der Waals surface area contributed by atoms with Gasteiger partial charge in [-0.25, -0.2) is 4.79 Å². The van der Waals surface area contributed by atoms with Crippen LogP contribution in [0, 0.1) is 23.2 Å². The van der Waals surface area contributed by atoms with Gasteiger partial charge in [0, 0.05) is 24.7 Å². The zero-order chi connectivity index (χ0) is 21.3. The molecule has 1 aromatic carbocycles. The molecule has 0 aromatic heterocycles. The van der Waals surface area contributed by atoms with Crippen LogP contribution >= 0.6 is 0 Å². The molecule has 5 nitrogen and oxygen atoms in total. The Morgan fingerprint density at radius 3 is 2.45 bits per heavy atom. The zero-order valence-electron chi connectivity index (χ0n) is 17.8. The first-order valence-electron chi connectivity index (χ1n) is 10.4. The summed E-state index contributed by atoms with van der Waals surface area (Å²) in [7, 11) is 0. The molecule has 5 heteroatoms. The smallest absolute Gasteiger partial charge is 0.338 e. The lowest BCUT2D eigenvalue weighted by Gasteiger charge is -2.56. The molecule has 2 aliphatic carbocycles. The highest BCUT2D eigenvalue weighted by Crippen LogP contribution is 2.56. The molecular formula is C24H32O5. The Kier molecular flexibility index (Phi) is 6.18. The number of rotatable bonds is 4. The Morgan fingerprint density at radius 1 is 1.21 bits per heavy atom. The lowest BCUT2D eigenvalue weighted by molar-refractivity contribution is -0.182. The van der Waals surface area contributed by atoms with Crippen molar-refractivity contribution in [1.82, 2.24) is 0 Å². The third-order valence-electron chi connectivity index (χ3n) is 6.83. The SMILES string of the molecule is C=C1C[C@@H](OC(C)=O)[C@H](O)[C@@]2(C)CC[C@@H](C(C)C)[C@@H](OC(=O)c3ccccc3)[C@H]12. The quantitative estimate of drug-likeness (QED) is 0.607. The van der Waals surface area contributed by atoms with Crippen molar-refractivity contribution in [3.63, 3.8) is 0 Å². The van der Waals surface area contributed by atoms with E-state index in [4.69, 9.17) is 9.47 Å². The van der Waals surface area contributed by atoms with Crippen LogP contribution in [-0.4, -0.2) is 35.4 Å². The van der Waals surface area contributed by atoms with E-state index in [0.717, 1.165) is 18.4 Å². The minimum Gasteiger partial charge on any atom is -0.459 e. The van der Waals surface area contributed by atoms with Crippen LogP contribution in [0.15, 0.2) is 42.5 Å². The summed E-state index contributed by atoms with van der Waals surface area (Å²) < 4.78 is 11.5. The van der Waals surface area contributed by atoms with Crippen molar-refractivity contribution >= 4 is 11.9 Å². The van der Waals surface area contributed by atoms with Crippen LogP contribution < -0.4 is 0 Å². The van der Waals surface area contributed by atoms with Gasteiger partial charge in [0.05, 0.1) is 11.7 Å². The van der Waals surface area contributed by atoms with E-state index in [1.165, 1.54) is 6.92 Å². The summed E-state index contributed by atoms with van der Waals surface area (Å²) in [5.41, 5.74) is 0.824. The molecule has 2 fully saturated rings. The van der Waals surface area contributed by atoms with Gasteiger partial charge in [-0.05, 0) is 36.8 Å². The molecule has 0 amide bonds. The average molecular weight is 401 g/mol. The molecule has 29 heavy (non-hydrogen) atoms. The molecule has 6 atom stereocenters. The molecular weight excluding hydrogens is 368 g/mol. The summed E-state index contributed by atoms with van der Waals surface area (Å²) in [4.78, 5) is 24.4. The largest absolute Gasteiger partial charge is 0.459 e. The average Bonchev–Trinajstić information content (AvgIpc) is 2.66. The molecule has 0 saturated heterocycles. The zero-order valence-corrected chi connectivity index (χ0v) is 17.8. The van der Waals surface area contributed by atoms with E-state index >= 15 is 0 Å². The van der Waals surface area contributed by atoms with Crippen LogP contribution in [-0.2, 0) is 14.3 Å². The van der Waals surface area contributed by atoms with Gasteiger partial charge in [-0.1, -0.05) is 51.1 Å². The maximum atomic E-state index is 12.9. The maximum Gasteiger partial charge on any atom is 0.338 e. The number of ether oxygens (including phenoxy) is 2. The topological polar surface area (TPSA) is 72.8 Å². The Morgan fingerprint density at radius 2 is 1.86 bits per heavy atom. The highest BCUT2D eigenvalue weighted by molar-refractivity contribution is 5.89. The van der Waals surface area contributed by atoms with Gasteiger partial charge in [0.25, 0.3) is 0 Å². The molecule has 0 spiro atoms. The lowest BCUT2D eigenvalue weighted by Crippen LogP contribution is -2.60. The summed E-state index contributed by atoms with van der Waals surface area (Å²) in [5.74, 6) is -0.445. The highest BCUT2D eigenvalue weighted by atomic mass is 16.6. The second-order valence-electron chi connectivity index (χ2n) is 9.12. The van der Waals surface area contributed by atoms with Gasteiger partial charge in [0.1, 0.15) is 12.2 Å². The summed E-state index contributed by atoms with van der Waals surface area (Å²) in [6.45, 7) is 11.9. The maximum absolute atomic E-state index is 12.9. The first-order chi connectivity index (χ1) is 13.6. The first-order valence-corrected chi connectivity index (χ1v) is 10.4. The van der Waals surface area contributed by atoms with E-state index in [9.17, 15) is 14.7 Å². The van der Waals surface area contributed by atoms with Crippen LogP contribution in [0.2, 0.25) is 0 Å². The van der Waals surface area contributed by atoms with E-state index in [1.54, 1.807) is 12.1 Å². The molecule has 0 unspecified atom stereocenters. The molecule has 0 aliphatic heterocycles. The lowest BCUT2D eigenvalue weighted by atomic mass is 9.52. The normalized spacial score (nSPS) is 34.4. The highest BCUT2D eigenvalue weighted by Gasteiger charge is 2.58. The molecule has 0 bridgehead atoms. The van der Waals surface area contributed by atoms with Crippen molar-refractivity contribution in [2.24, 2.45) is 23.2 Å². The first kappa shape index (κ1) is 21.6. The van der Waals surface area contributed by atoms with Gasteiger partial charge in [0.2, 0.25) is 0 Å². The Bertz CT molecular complexity index is 771. The second kappa shape index (κ2) is 8.31. The minimum absolute atomic E-state index is 0.176. The predicted molar refractivity (Wildman–Crippen MR) is 110 cm³/mol. The van der Waals surface area contributed by atoms with Crippen molar-refractivity contribution in [2.45, 2.75) is 65.3 Å². The molecule has 2 aliphatic rings. The molecule has 0 heterocycles. The van der Waals surface area contributed by atoms with Gasteiger partial charge in [-0.3, -0.25) is 4.79 Å². The van der Waals surface area contributed by atoms with E-state index in [0.29, 0.717) is 17.9 Å². The standard InChI is InChI=1S/C24H32O5/c1-14(2)18-11-12-24(5)20(15(3)13-19(22(24)26)28-16(4)25)21(18)29-23(27)17-9-7-6-8-10-17/h6-10,14,18-22,26H,3,11-13H2,1-2,4-5H3/t18-,19+,20-,21+,22-,24-/m0/s1. The monoisotopic (exact) mass is 400 g/mol. The van der Waals surface area contributed by atoms with Crippen molar-refractivity contribution in [1.29, 1.82) is 0 Å². The van der Waals surface area contributed by atoms with Crippen molar-refractivity contribution in [3.8, 4) is 0 Å². The van der Waals surface area contributed by atoms with E-state index < -0.39 is 23.6 Å². The fourth-order valence-electron chi connectivity index (χ4n) is 5.33. The van der Waals surface area contributed by atoms with Crippen LogP contribution in [0.4, 0.5) is 0 Å². The van der Waals surface area contributed by atoms with Crippen LogP contribution in [0.3, 0.4) is 0 Å². The third kappa shape index (κ3) is 4.11. The number of carbonyl (C=O) groups is 2. The van der Waals surface area contributed by atoms with Crippen molar-refractivity contribution < 1.29 is 24.2 Å². The van der Waals surface area contributed by atoms with Crippen LogP contribution in [0.25, 0.3) is 0 Å². The number of aliphatic hydroxyl groups excluding tert-OH is 1. The molecule has 158 valence electrons. The summed E-state index contributed by atoms with van der Waals surface area (Å²) in [6.07, 6.45) is 0.162. The van der Waals surface area contributed by atoms with Gasteiger partial charge in [0.15, 0.2) is 0 Å². The van der Waals surface area contributed by atoms with Crippen LogP contribution in [0.1, 0.15) is 57.3 Å². The van der Waals surface area contributed by atoms with Gasteiger partial charge in [-0.15, -0.1) is 0 Å². The van der Waals surface area contributed by atoms with Crippen molar-refractivity contribution in [3.05, 3.63) is 48.0 Å². The Balaban J connectivity index is 1.93. The molecule has 1 aromatic rings. The number of hydrogen-bond donors (Lipinski definition) is 1. The fraction of sp³-hybridized carbons (Fsp3) is 0.583. The van der Waals surface area contributed by atoms with Crippen LogP contribution in [0.5, 0.6) is 0 Å². The number of esters is 2. The number of fused-ring (bicyclic) bond motifs is 1. The Hall–Kier alpha value is -2.14. The van der Waals surface area contributed by atoms with Gasteiger partial charge in [-0.2, -0.15) is 0 Å². The molecule has 0 radical (unpaired) electrons. The number of carbonyl (C=O) groups excluding carboxylic acids is 2. The summed E-state index contributed by atoms with van der Waals surface area (Å²) in [6, 6.07) is 8.98. The van der Waals surface area contributed by atoms with E-state index in [2.05, 4.69) is 20.4 Å². The summed E-state index contributed by atoms with van der Waals surface area (Å²) in [5, 5.41) is 11.1. The van der Waals surface area contributed by atoms with E-state index in [-0.39, 0.29) is 23.9 Å². The molecule has 2 saturated carbocycles. The predicted octanol–water partition coefficient (Wildman–Crippen LogP) is 4.15. The molecule has 3 rings (SSSR count). The van der Waals surface area contributed by atoms with Gasteiger partial charge < -0.3 is 14.6 Å². The number of hydrogen-bond acceptors (Lipinski definition) is 5. The second-order valence-corrected chi connectivity index (χ2v) is 9.12. The van der Waals surface area contributed by atoms with Gasteiger partial charge >= 0.3 is 11.9 Å². The minimum atomic E-state index is -0.826. The molecule has 1 N–H and O–H groups in total.